The Balaban J connectivity index is 1.98. The maximum Gasteiger partial charge on any atom is 0.253 e. The number of carbonyl (C=O) groups is 1. The first-order valence-electron chi connectivity index (χ1n) is 6.48. The summed E-state index contributed by atoms with van der Waals surface area (Å²) in [6.07, 6.45) is 3.82. The van der Waals surface area contributed by atoms with E-state index in [1.54, 1.807) is 30.3 Å². The molecule has 0 aliphatic carbocycles. The Bertz CT molecular complexity index is 444. The van der Waals surface area contributed by atoms with Crippen molar-refractivity contribution in [1.82, 2.24) is 4.90 Å². The van der Waals surface area contributed by atoms with Gasteiger partial charge in [0.05, 0.1) is 12.7 Å². The van der Waals surface area contributed by atoms with E-state index in [0.717, 1.165) is 19.4 Å². The summed E-state index contributed by atoms with van der Waals surface area (Å²) in [6.45, 7) is 5.61. The minimum atomic E-state index is 0.0450. The van der Waals surface area contributed by atoms with Crippen LogP contribution in [0.4, 0.5) is 0 Å². The van der Waals surface area contributed by atoms with E-state index in [1.165, 1.54) is 0 Å². The standard InChI is InChI=1S/C15H18ClNO2/c1-2-10-19-14-4-3-9-17(11-14)15(18)12-5-7-13(16)8-6-12/h2,5-8,14H,1,3-4,9-11H2/t14-/m1/s1. The molecule has 1 amide bonds. The molecule has 0 unspecified atom stereocenters. The summed E-state index contributed by atoms with van der Waals surface area (Å²) in [6, 6.07) is 7.01. The van der Waals surface area contributed by atoms with Gasteiger partial charge >= 0.3 is 0 Å². The lowest BCUT2D eigenvalue weighted by molar-refractivity contribution is 0.0134. The van der Waals surface area contributed by atoms with Crippen molar-refractivity contribution in [3.63, 3.8) is 0 Å². The van der Waals surface area contributed by atoms with Crippen molar-refractivity contribution in [2.24, 2.45) is 0 Å². The van der Waals surface area contributed by atoms with Gasteiger partial charge in [0, 0.05) is 23.7 Å². The SMILES string of the molecule is C=CCO[C@@H]1CCCN(C(=O)c2ccc(Cl)cc2)C1. The van der Waals surface area contributed by atoms with Crippen LogP contribution in [-0.4, -0.2) is 36.6 Å². The molecule has 1 atom stereocenters. The van der Waals surface area contributed by atoms with Crippen molar-refractivity contribution in [2.45, 2.75) is 18.9 Å². The molecule has 0 saturated carbocycles. The summed E-state index contributed by atoms with van der Waals surface area (Å²) in [4.78, 5) is 14.2. The minimum Gasteiger partial charge on any atom is -0.372 e. The fourth-order valence-electron chi connectivity index (χ4n) is 2.24. The molecule has 2 rings (SSSR count). The van der Waals surface area contributed by atoms with Crippen LogP contribution in [0.15, 0.2) is 36.9 Å². The van der Waals surface area contributed by atoms with E-state index in [-0.39, 0.29) is 12.0 Å². The largest absolute Gasteiger partial charge is 0.372 e. The molecule has 0 spiro atoms. The molecule has 1 aliphatic heterocycles. The Labute approximate surface area is 118 Å². The number of hydrogen-bond acceptors (Lipinski definition) is 2. The fourth-order valence-corrected chi connectivity index (χ4v) is 2.36. The molecule has 1 aromatic carbocycles. The topological polar surface area (TPSA) is 29.5 Å². The average Bonchev–Trinajstić information content (AvgIpc) is 2.45. The summed E-state index contributed by atoms with van der Waals surface area (Å²) in [7, 11) is 0. The van der Waals surface area contributed by atoms with Gasteiger partial charge in [0.15, 0.2) is 0 Å². The van der Waals surface area contributed by atoms with Crippen LogP contribution in [0.25, 0.3) is 0 Å². The predicted molar refractivity (Wildman–Crippen MR) is 76.5 cm³/mol. The maximum absolute atomic E-state index is 12.3. The van der Waals surface area contributed by atoms with E-state index in [0.29, 0.717) is 23.7 Å². The van der Waals surface area contributed by atoms with Gasteiger partial charge in [-0.15, -0.1) is 6.58 Å². The molecule has 1 aliphatic rings. The van der Waals surface area contributed by atoms with Crippen molar-refractivity contribution in [2.75, 3.05) is 19.7 Å². The minimum absolute atomic E-state index is 0.0450. The molecule has 1 saturated heterocycles. The lowest BCUT2D eigenvalue weighted by Crippen LogP contribution is -2.43. The average molecular weight is 280 g/mol. The normalized spacial score (nSPS) is 19.2. The van der Waals surface area contributed by atoms with Crippen LogP contribution < -0.4 is 0 Å². The summed E-state index contributed by atoms with van der Waals surface area (Å²) in [5, 5.41) is 0.641. The molecule has 1 fully saturated rings. The van der Waals surface area contributed by atoms with Gasteiger partial charge in [-0.25, -0.2) is 0 Å². The summed E-state index contributed by atoms with van der Waals surface area (Å²) in [5.74, 6) is 0.0450. The second-order valence-corrected chi connectivity index (χ2v) is 5.08. The Morgan fingerprint density at radius 1 is 1.47 bits per heavy atom. The predicted octanol–water partition coefficient (Wildman–Crippen LogP) is 3.15. The van der Waals surface area contributed by atoms with E-state index in [2.05, 4.69) is 6.58 Å². The first-order chi connectivity index (χ1) is 9.20. The molecule has 1 aromatic rings. The fraction of sp³-hybridized carbons (Fsp3) is 0.400. The van der Waals surface area contributed by atoms with E-state index in [4.69, 9.17) is 16.3 Å². The summed E-state index contributed by atoms with van der Waals surface area (Å²) in [5.41, 5.74) is 0.675. The van der Waals surface area contributed by atoms with E-state index in [1.807, 2.05) is 4.90 Å². The number of benzene rings is 1. The third-order valence-electron chi connectivity index (χ3n) is 3.21. The Kier molecular flexibility index (Phi) is 5.00. The first kappa shape index (κ1) is 14.1. The van der Waals surface area contributed by atoms with Gasteiger partial charge in [-0.1, -0.05) is 17.7 Å². The summed E-state index contributed by atoms with van der Waals surface area (Å²) < 4.78 is 5.63. The molecule has 0 radical (unpaired) electrons. The van der Waals surface area contributed by atoms with E-state index >= 15 is 0 Å². The molecule has 1 heterocycles. The highest BCUT2D eigenvalue weighted by atomic mass is 35.5. The van der Waals surface area contributed by atoms with Gasteiger partial charge in [0.2, 0.25) is 0 Å². The molecule has 19 heavy (non-hydrogen) atoms. The number of halogens is 1. The number of piperidine rings is 1. The van der Waals surface area contributed by atoms with Crippen LogP contribution in [0.3, 0.4) is 0 Å². The number of likely N-dealkylation sites (tertiary alicyclic amines) is 1. The Hall–Kier alpha value is -1.32. The Morgan fingerprint density at radius 3 is 2.89 bits per heavy atom. The van der Waals surface area contributed by atoms with E-state index < -0.39 is 0 Å². The lowest BCUT2D eigenvalue weighted by atomic mass is 10.1. The van der Waals surface area contributed by atoms with Gasteiger partial charge in [-0.3, -0.25) is 4.79 Å². The van der Waals surface area contributed by atoms with Gasteiger partial charge < -0.3 is 9.64 Å². The Morgan fingerprint density at radius 2 is 2.21 bits per heavy atom. The highest BCUT2D eigenvalue weighted by Gasteiger charge is 2.24. The van der Waals surface area contributed by atoms with Crippen molar-refractivity contribution in [3.8, 4) is 0 Å². The van der Waals surface area contributed by atoms with Crippen LogP contribution in [0.2, 0.25) is 5.02 Å². The second-order valence-electron chi connectivity index (χ2n) is 4.64. The van der Waals surface area contributed by atoms with E-state index in [9.17, 15) is 4.79 Å². The van der Waals surface area contributed by atoms with Crippen LogP contribution in [0, 0.1) is 0 Å². The molecular weight excluding hydrogens is 262 g/mol. The van der Waals surface area contributed by atoms with Gasteiger partial charge in [-0.2, -0.15) is 0 Å². The molecule has 0 aromatic heterocycles. The quantitative estimate of drug-likeness (QED) is 0.793. The number of ether oxygens (including phenoxy) is 1. The van der Waals surface area contributed by atoms with Crippen molar-refractivity contribution >= 4 is 17.5 Å². The van der Waals surface area contributed by atoms with Gasteiger partial charge in [0.1, 0.15) is 0 Å². The van der Waals surface area contributed by atoms with Crippen LogP contribution in [0.5, 0.6) is 0 Å². The smallest absolute Gasteiger partial charge is 0.253 e. The van der Waals surface area contributed by atoms with Crippen molar-refractivity contribution in [1.29, 1.82) is 0 Å². The van der Waals surface area contributed by atoms with Crippen molar-refractivity contribution < 1.29 is 9.53 Å². The third kappa shape index (κ3) is 3.82. The molecule has 3 nitrogen and oxygen atoms in total. The number of rotatable bonds is 4. The monoisotopic (exact) mass is 279 g/mol. The second kappa shape index (κ2) is 6.73. The summed E-state index contributed by atoms with van der Waals surface area (Å²) >= 11 is 5.83. The first-order valence-corrected chi connectivity index (χ1v) is 6.86. The van der Waals surface area contributed by atoms with Crippen molar-refractivity contribution in [3.05, 3.63) is 47.5 Å². The number of nitrogens with zero attached hydrogens (tertiary/aromatic N) is 1. The van der Waals surface area contributed by atoms with Crippen LogP contribution in [0.1, 0.15) is 23.2 Å². The molecular formula is C15H18ClNO2. The lowest BCUT2D eigenvalue weighted by Gasteiger charge is -2.32. The molecule has 4 heteroatoms. The highest BCUT2D eigenvalue weighted by molar-refractivity contribution is 6.30. The highest BCUT2D eigenvalue weighted by Crippen LogP contribution is 2.17. The zero-order valence-electron chi connectivity index (χ0n) is 10.8. The van der Waals surface area contributed by atoms with Gasteiger partial charge in [0.25, 0.3) is 5.91 Å². The van der Waals surface area contributed by atoms with Gasteiger partial charge in [-0.05, 0) is 37.1 Å². The molecule has 0 N–H and O–H groups in total. The number of amides is 1. The van der Waals surface area contributed by atoms with Crippen LogP contribution >= 0.6 is 11.6 Å². The van der Waals surface area contributed by atoms with Crippen LogP contribution in [-0.2, 0) is 4.74 Å². The number of carbonyl (C=O) groups excluding carboxylic acids is 1. The third-order valence-corrected chi connectivity index (χ3v) is 3.46. The molecule has 0 bridgehead atoms. The zero-order chi connectivity index (χ0) is 13.7. The number of hydrogen-bond donors (Lipinski definition) is 0. The molecule has 102 valence electrons. The zero-order valence-corrected chi connectivity index (χ0v) is 11.6. The maximum atomic E-state index is 12.3.